The van der Waals surface area contributed by atoms with Gasteiger partial charge in [-0.25, -0.2) is 5.11 Å². The smallest absolute Gasteiger partial charge is 0.115 e. The van der Waals surface area contributed by atoms with E-state index in [2.05, 4.69) is 15.9 Å². The van der Waals surface area contributed by atoms with Crippen LogP contribution >= 0.6 is 27.5 Å². The molecule has 0 aliphatic carbocycles. The highest BCUT2D eigenvalue weighted by atomic mass is 79.9. The molecule has 0 aromatic carbocycles. The zero-order valence-corrected chi connectivity index (χ0v) is 4.79. The maximum atomic E-state index is 9.45. The lowest BCUT2D eigenvalue weighted by Gasteiger charge is -1.82. The Kier molecular flexibility index (Phi) is 3.37. The second-order valence-electron chi connectivity index (χ2n) is 0.558. The van der Waals surface area contributed by atoms with Gasteiger partial charge in [0.15, 0.2) is 0 Å². The van der Waals surface area contributed by atoms with Gasteiger partial charge in [-0.2, -0.15) is 0 Å². The molecule has 31 valence electrons. The highest BCUT2D eigenvalue weighted by molar-refractivity contribution is 9.10. The van der Waals surface area contributed by atoms with E-state index in [-0.39, 0.29) is 10.9 Å². The summed E-state index contributed by atoms with van der Waals surface area (Å²) < 4.78 is -0.387. The van der Waals surface area contributed by atoms with Crippen LogP contribution in [0.1, 0.15) is 0 Å². The van der Waals surface area contributed by atoms with Gasteiger partial charge >= 0.3 is 0 Å². The zero-order chi connectivity index (χ0) is 4.28. The van der Waals surface area contributed by atoms with Gasteiger partial charge in [-0.1, -0.05) is 15.9 Å². The Balaban J connectivity index is 2.54. The average molecular weight is 158 g/mol. The van der Waals surface area contributed by atoms with E-state index in [9.17, 15) is 5.11 Å². The quantitative estimate of drug-likeness (QED) is 0.514. The van der Waals surface area contributed by atoms with E-state index in [4.69, 9.17) is 11.6 Å². The molecule has 0 fully saturated rings. The van der Waals surface area contributed by atoms with E-state index >= 15 is 0 Å². The fourth-order valence-corrected chi connectivity index (χ4v) is 0. The summed E-state index contributed by atoms with van der Waals surface area (Å²) >= 11 is 7.89. The Hall–Kier alpha value is 0.730. The molecule has 0 N–H and O–H groups in total. The summed E-state index contributed by atoms with van der Waals surface area (Å²) in [7, 11) is 0. The summed E-state index contributed by atoms with van der Waals surface area (Å²) in [6, 6.07) is 0. The van der Waals surface area contributed by atoms with E-state index in [1.807, 2.05) is 0 Å². The van der Waals surface area contributed by atoms with Gasteiger partial charge in [0.2, 0.25) is 0 Å². The minimum atomic E-state index is -0.387. The largest absolute Gasteiger partial charge is 0.234 e. The lowest BCUT2D eigenvalue weighted by Crippen LogP contribution is -1.87. The summed E-state index contributed by atoms with van der Waals surface area (Å²) in [5.41, 5.74) is 0. The molecule has 0 heterocycles. The van der Waals surface area contributed by atoms with Gasteiger partial charge in [0.25, 0.3) is 0 Å². The van der Waals surface area contributed by atoms with Crippen LogP contribution in [0.15, 0.2) is 0 Å². The monoisotopic (exact) mass is 157 g/mol. The zero-order valence-electron chi connectivity index (χ0n) is 2.45. The van der Waals surface area contributed by atoms with Gasteiger partial charge in [0, 0.05) is 0 Å². The molecule has 3 heteroatoms. The van der Waals surface area contributed by atoms with Crippen LogP contribution in [0.5, 0.6) is 0 Å². The second kappa shape index (κ2) is 2.94. The molecule has 1 unspecified atom stereocenters. The third kappa shape index (κ3) is 4.73. The maximum absolute atomic E-state index is 9.45. The first-order chi connectivity index (χ1) is 2.27. The van der Waals surface area contributed by atoms with E-state index in [0.717, 1.165) is 0 Å². The van der Waals surface area contributed by atoms with Crippen molar-refractivity contribution in [2.75, 3.05) is 6.61 Å². The fraction of sp³-hybridized carbons (Fsp3) is 1.00. The molecular formula is C2H3BrClO. The topological polar surface area (TPSA) is 19.9 Å². The van der Waals surface area contributed by atoms with Crippen molar-refractivity contribution in [2.45, 2.75) is 4.29 Å². The highest BCUT2D eigenvalue weighted by Gasteiger charge is 1.89. The summed E-state index contributed by atoms with van der Waals surface area (Å²) in [6.07, 6.45) is 0. The predicted octanol–water partition coefficient (Wildman–Crippen LogP) is 1.38. The van der Waals surface area contributed by atoms with Gasteiger partial charge in [0.1, 0.15) is 10.9 Å². The standard InChI is InChI=1S/C2H3BrClO/c3-2(4)1-5/h2H,1H2. The van der Waals surface area contributed by atoms with Crippen molar-refractivity contribution in [1.82, 2.24) is 0 Å². The molecule has 0 bridgehead atoms. The van der Waals surface area contributed by atoms with Crippen LogP contribution in [-0.2, 0) is 5.11 Å². The van der Waals surface area contributed by atoms with Crippen LogP contribution in [0.25, 0.3) is 0 Å². The normalized spacial score (nSPS) is 15.0. The first-order valence-corrected chi connectivity index (χ1v) is 2.49. The molecular weight excluding hydrogens is 155 g/mol. The second-order valence-corrected chi connectivity index (χ2v) is 2.72. The molecule has 0 aromatic heterocycles. The summed E-state index contributed by atoms with van der Waals surface area (Å²) in [6.45, 7) is -0.262. The third-order valence-corrected chi connectivity index (χ3v) is 0.516. The van der Waals surface area contributed by atoms with Crippen LogP contribution in [0, 0.1) is 0 Å². The summed E-state index contributed by atoms with van der Waals surface area (Å²) in [5, 5.41) is 9.45. The lowest BCUT2D eigenvalue weighted by molar-refractivity contribution is 0.210. The molecule has 1 atom stereocenters. The number of hydrogen-bond donors (Lipinski definition) is 0. The lowest BCUT2D eigenvalue weighted by atomic mass is 10.9. The van der Waals surface area contributed by atoms with Crippen molar-refractivity contribution < 1.29 is 5.11 Å². The summed E-state index contributed by atoms with van der Waals surface area (Å²) in [5.74, 6) is 0. The molecule has 5 heavy (non-hydrogen) atoms. The molecule has 0 aromatic rings. The fourth-order valence-electron chi connectivity index (χ4n) is 0. The van der Waals surface area contributed by atoms with Gasteiger partial charge in [-0.15, -0.1) is 11.6 Å². The number of alkyl halides is 2. The Morgan fingerprint density at radius 2 is 2.20 bits per heavy atom. The van der Waals surface area contributed by atoms with Crippen molar-refractivity contribution in [1.29, 1.82) is 0 Å². The third-order valence-electron chi connectivity index (χ3n) is 0.126. The van der Waals surface area contributed by atoms with Crippen molar-refractivity contribution >= 4 is 27.5 Å². The molecule has 0 rings (SSSR count). The first kappa shape index (κ1) is 5.73. The first-order valence-electron chi connectivity index (χ1n) is 1.13. The van der Waals surface area contributed by atoms with Crippen LogP contribution in [0.3, 0.4) is 0 Å². The Morgan fingerprint density at radius 1 is 2.00 bits per heavy atom. The van der Waals surface area contributed by atoms with Crippen LogP contribution in [0.2, 0.25) is 0 Å². The van der Waals surface area contributed by atoms with Gasteiger partial charge in [-0.3, -0.25) is 0 Å². The van der Waals surface area contributed by atoms with E-state index in [1.165, 1.54) is 0 Å². The van der Waals surface area contributed by atoms with Gasteiger partial charge in [0.05, 0.1) is 0 Å². The minimum Gasteiger partial charge on any atom is -0.234 e. The predicted molar refractivity (Wildman–Crippen MR) is 24.1 cm³/mol. The maximum Gasteiger partial charge on any atom is 0.115 e. The number of hydrogen-bond acceptors (Lipinski definition) is 0. The SMILES string of the molecule is [O]CC(Cl)Br. The van der Waals surface area contributed by atoms with E-state index < -0.39 is 0 Å². The molecule has 1 nitrogen and oxygen atoms in total. The van der Waals surface area contributed by atoms with Crippen molar-refractivity contribution in [3.05, 3.63) is 0 Å². The van der Waals surface area contributed by atoms with Crippen LogP contribution in [0.4, 0.5) is 0 Å². The van der Waals surface area contributed by atoms with E-state index in [0.29, 0.717) is 0 Å². The van der Waals surface area contributed by atoms with Crippen LogP contribution in [-0.4, -0.2) is 10.9 Å². The van der Waals surface area contributed by atoms with Crippen molar-refractivity contribution in [3.63, 3.8) is 0 Å². The molecule has 0 amide bonds. The Labute approximate surface area is 44.1 Å². The van der Waals surface area contributed by atoms with Crippen LogP contribution < -0.4 is 0 Å². The Bertz CT molecular complexity index is 23.6. The molecule has 0 spiro atoms. The van der Waals surface area contributed by atoms with Crippen molar-refractivity contribution in [2.24, 2.45) is 0 Å². The van der Waals surface area contributed by atoms with Gasteiger partial charge < -0.3 is 0 Å². The highest BCUT2D eigenvalue weighted by Crippen LogP contribution is 2.00. The number of halogens is 2. The average Bonchev–Trinajstić information content (AvgIpc) is 1.38. The minimum absolute atomic E-state index is 0.262. The molecule has 1 radical (unpaired) electrons. The molecule has 0 saturated carbocycles. The molecule has 0 saturated heterocycles. The molecule has 0 aliphatic rings. The Morgan fingerprint density at radius 3 is 2.20 bits per heavy atom. The molecule has 0 aliphatic heterocycles. The van der Waals surface area contributed by atoms with E-state index in [1.54, 1.807) is 0 Å². The van der Waals surface area contributed by atoms with Gasteiger partial charge in [-0.05, 0) is 0 Å². The summed E-state index contributed by atoms with van der Waals surface area (Å²) in [4.78, 5) is 0. The number of rotatable bonds is 1. The van der Waals surface area contributed by atoms with Crippen molar-refractivity contribution in [3.8, 4) is 0 Å².